The van der Waals surface area contributed by atoms with Gasteiger partial charge in [0, 0.05) is 231 Å². The van der Waals surface area contributed by atoms with Crippen LogP contribution in [0.2, 0.25) is 36.3 Å². The van der Waals surface area contributed by atoms with Crippen LogP contribution in [-0.4, -0.2) is 298 Å². The minimum Gasteiger partial charge on any atom is -0.381 e. The molecule has 0 spiro atoms. The largest absolute Gasteiger partial charge is 0.500 e. The van der Waals surface area contributed by atoms with E-state index in [9.17, 15) is 9.59 Å². The summed E-state index contributed by atoms with van der Waals surface area (Å²) in [5, 5.41) is 6.33. The van der Waals surface area contributed by atoms with Gasteiger partial charge in [0.15, 0.2) is 0 Å². The first-order valence-electron chi connectivity index (χ1n) is 36.8. The highest BCUT2D eigenvalue weighted by Crippen LogP contribution is 2.45. The Morgan fingerprint density at radius 1 is 0.252 bits per heavy atom. The predicted molar refractivity (Wildman–Crippen MR) is 409 cm³/mol. The zero-order valence-electron chi connectivity index (χ0n) is 68.9. The van der Waals surface area contributed by atoms with Crippen LogP contribution in [0.5, 0.6) is 0 Å². The van der Waals surface area contributed by atoms with E-state index in [1.165, 1.54) is 0 Å². The summed E-state index contributed by atoms with van der Waals surface area (Å²) in [7, 11) is 12.6. The minimum atomic E-state index is -2.76. The number of carbonyl (C=O) groups is 2. The maximum Gasteiger partial charge on any atom is 0.500 e. The molecule has 0 aromatic heterocycles. The van der Waals surface area contributed by atoms with Gasteiger partial charge in [0.2, 0.25) is 11.8 Å². The van der Waals surface area contributed by atoms with Gasteiger partial charge in [0.05, 0.1) is 63.7 Å². The Morgan fingerprint density at radius 3 is 0.641 bits per heavy atom. The quantitative estimate of drug-likeness (QED) is 0.0423. The number of amides is 2. The molecule has 0 aliphatic heterocycles. The van der Waals surface area contributed by atoms with E-state index in [0.29, 0.717) is 154 Å². The summed E-state index contributed by atoms with van der Waals surface area (Å²) in [6, 6.07) is 3.78. The maximum absolute atomic E-state index is 12.2. The molecule has 0 aliphatic carbocycles. The molecule has 0 aliphatic rings. The molecule has 35 heteroatoms. The van der Waals surface area contributed by atoms with Crippen LogP contribution in [0.3, 0.4) is 0 Å². The Bertz CT molecular complexity index is 1800. The molecule has 2 N–H and O–H groups in total. The normalized spacial score (nSPS) is 13.2. The minimum absolute atomic E-state index is 0.00730. The third kappa shape index (κ3) is 40.8. The summed E-state index contributed by atoms with van der Waals surface area (Å²) in [6.07, 6.45) is 14.6. The van der Waals surface area contributed by atoms with E-state index in [4.69, 9.17) is 113 Å². The van der Waals surface area contributed by atoms with E-state index in [1.54, 1.807) is 142 Å². The first-order valence-corrected chi connectivity index (χ1v) is 48.4. The van der Waals surface area contributed by atoms with Crippen molar-refractivity contribution >= 4 is 64.6 Å². The van der Waals surface area contributed by atoms with E-state index in [-0.39, 0.29) is 35.9 Å². The fourth-order valence-electron chi connectivity index (χ4n) is 12.6. The topological polar surface area (TPSA) is 289 Å². The van der Waals surface area contributed by atoms with Gasteiger partial charge in [-0.15, -0.1) is 0 Å². The molecular weight excluding hydrogens is 1450 g/mol. The van der Waals surface area contributed by atoms with Crippen LogP contribution in [0, 0.1) is 21.7 Å². The Morgan fingerprint density at radius 2 is 0.447 bits per heavy atom. The molecule has 0 radical (unpaired) electrons. The Hall–Kier alpha value is -0.759. The van der Waals surface area contributed by atoms with E-state index < -0.39 is 63.7 Å². The highest BCUT2D eigenvalue weighted by Gasteiger charge is 2.45. The maximum atomic E-state index is 12.2. The van der Waals surface area contributed by atoms with Crippen molar-refractivity contribution in [1.82, 2.24) is 10.6 Å². The first kappa shape index (κ1) is 104. The lowest BCUT2D eigenvalue weighted by Crippen LogP contribution is -2.46. The number of rotatable bonds is 73. The van der Waals surface area contributed by atoms with Gasteiger partial charge < -0.3 is 123 Å². The summed E-state index contributed by atoms with van der Waals surface area (Å²) in [4.78, 5) is 24.3. The number of ether oxygens (including phenoxy) is 7. The van der Waals surface area contributed by atoms with Crippen molar-refractivity contribution in [2.24, 2.45) is 21.7 Å². The summed E-state index contributed by atoms with van der Waals surface area (Å²) >= 11 is 0. The standard InChI is InChI=1S/C38H86O19Si4.C30H64N2O8Si2/c1-15-51-29-37(31-53-21-17-25-58(39-3,40-4)41-5,32-54-22-18-26-59(42-6,43-7)44-8)35-57-36-38(30-52-16-2,33-55-23-19-27-60(45-9,46-10)47-11)34-56-24-20-28-61(48-12,49-13)50-14;1-11-13-17-29(18-14-12-2,25-31-27(3)33)21-22-30(26-32-28(4)34,19-15-23-41(35-5,36-6)37-7)20-16-24-42(38-8,39-9)40-10/h15-36H2,1-14H3;11-26H2,1-10H3,(H,31,33)(H,32,34). The number of unbranched alkanes of at least 4 members (excludes halogenated alkanes) is 2. The van der Waals surface area contributed by atoms with Gasteiger partial charge in [-0.25, -0.2) is 0 Å². The molecule has 0 bridgehead atoms. The molecule has 618 valence electrons. The molecule has 0 aromatic carbocycles. The van der Waals surface area contributed by atoms with Gasteiger partial charge >= 0.3 is 52.8 Å². The van der Waals surface area contributed by atoms with Crippen molar-refractivity contribution in [3.8, 4) is 0 Å². The van der Waals surface area contributed by atoms with Gasteiger partial charge in [-0.1, -0.05) is 39.5 Å². The molecule has 0 rings (SSSR count). The van der Waals surface area contributed by atoms with Crippen molar-refractivity contribution < 1.29 is 122 Å². The third-order valence-corrected chi connectivity index (χ3v) is 36.5. The van der Waals surface area contributed by atoms with Crippen LogP contribution in [0.15, 0.2) is 0 Å². The van der Waals surface area contributed by atoms with Gasteiger partial charge in [-0.3, -0.25) is 9.59 Å². The van der Waals surface area contributed by atoms with Crippen LogP contribution < -0.4 is 10.6 Å². The smallest absolute Gasteiger partial charge is 0.381 e. The second-order valence-corrected chi connectivity index (χ2v) is 44.9. The van der Waals surface area contributed by atoms with Crippen LogP contribution >= 0.6 is 0 Å². The average Bonchev–Trinajstić information content (AvgIpc) is 0.826. The van der Waals surface area contributed by atoms with Crippen molar-refractivity contribution in [2.45, 2.75) is 181 Å². The van der Waals surface area contributed by atoms with Crippen LogP contribution in [0.1, 0.15) is 144 Å². The highest BCUT2D eigenvalue weighted by atomic mass is 28.4. The van der Waals surface area contributed by atoms with E-state index in [0.717, 1.165) is 77.0 Å². The second kappa shape index (κ2) is 60.0. The van der Waals surface area contributed by atoms with E-state index in [1.807, 2.05) is 13.8 Å². The van der Waals surface area contributed by atoms with E-state index >= 15 is 0 Å². The average molecular weight is 1600 g/mol. The van der Waals surface area contributed by atoms with Crippen molar-refractivity contribution in [2.75, 3.05) is 234 Å². The number of hydrogen-bond acceptors (Lipinski definition) is 27. The Balaban J connectivity index is 0. The molecule has 0 aromatic rings. The van der Waals surface area contributed by atoms with Gasteiger partial charge in [0.1, 0.15) is 0 Å². The number of hydrogen-bond donors (Lipinski definition) is 2. The SMILES string of the molecule is CCCCC(CCCC)(CCC(CCC[Si](OC)(OC)OC)(CCC[Si](OC)(OC)OC)CNC(C)=O)CNC(C)=O.CCOCC(COCCC[Si](OC)(OC)OC)(COCCC[Si](OC)(OC)OC)COCC(COCC)(COCCC[Si](OC)(OC)OC)COCCC[Si](OC)(OC)OC. The summed E-state index contributed by atoms with van der Waals surface area (Å²) in [5.74, 6) is -0.0264. The summed E-state index contributed by atoms with van der Waals surface area (Å²) < 4.78 is 146. The number of carbonyl (C=O) groups excluding carboxylic acids is 2. The molecule has 0 atom stereocenters. The fraction of sp³-hybridized carbons (Fsp3) is 0.971. The van der Waals surface area contributed by atoms with E-state index in [2.05, 4.69) is 24.5 Å². The van der Waals surface area contributed by atoms with Crippen LogP contribution in [0.4, 0.5) is 0 Å². The molecule has 0 heterocycles. The first-order chi connectivity index (χ1) is 49.3. The zero-order chi connectivity index (χ0) is 78.1. The fourth-order valence-corrected chi connectivity index (χ4v) is 22.8. The lowest BCUT2D eigenvalue weighted by molar-refractivity contribution is -0.141. The molecule has 0 unspecified atom stereocenters. The highest BCUT2D eigenvalue weighted by molar-refractivity contribution is 6.62. The van der Waals surface area contributed by atoms with Crippen molar-refractivity contribution in [1.29, 1.82) is 0 Å². The molecule has 0 saturated heterocycles. The molecular formula is C68H150N2O27Si6. The lowest BCUT2D eigenvalue weighted by Gasteiger charge is -2.41. The van der Waals surface area contributed by atoms with Gasteiger partial charge in [-0.2, -0.15) is 0 Å². The molecule has 103 heavy (non-hydrogen) atoms. The van der Waals surface area contributed by atoms with Crippen LogP contribution in [-0.2, 0) is 122 Å². The lowest BCUT2D eigenvalue weighted by atomic mass is 9.67. The van der Waals surface area contributed by atoms with Crippen LogP contribution in [0.25, 0.3) is 0 Å². The molecule has 0 saturated carbocycles. The predicted octanol–water partition coefficient (Wildman–Crippen LogP) is 9.90. The van der Waals surface area contributed by atoms with Crippen molar-refractivity contribution in [3.63, 3.8) is 0 Å². The second-order valence-electron chi connectivity index (χ2n) is 26.4. The third-order valence-electron chi connectivity index (χ3n) is 19.5. The van der Waals surface area contributed by atoms with Gasteiger partial charge in [-0.05, 0) is 102 Å². The monoisotopic (exact) mass is 1590 g/mol. The molecule has 29 nitrogen and oxygen atoms in total. The number of nitrogens with one attached hydrogen (secondary N) is 2. The molecule has 0 fully saturated rings. The zero-order valence-corrected chi connectivity index (χ0v) is 74.9. The Kier molecular flexibility index (Phi) is 60.7. The van der Waals surface area contributed by atoms with Crippen molar-refractivity contribution in [3.05, 3.63) is 0 Å². The summed E-state index contributed by atoms with van der Waals surface area (Å²) in [6.45, 7) is 18.0. The van der Waals surface area contributed by atoms with Gasteiger partial charge in [0.25, 0.3) is 0 Å². The Labute approximate surface area is 630 Å². The summed E-state index contributed by atoms with van der Waals surface area (Å²) in [5.41, 5.74) is -1.52. The molecule has 2 amide bonds.